The van der Waals surface area contributed by atoms with Crippen LogP contribution in [0.4, 0.5) is 0 Å². The van der Waals surface area contributed by atoms with Crippen molar-refractivity contribution in [2.75, 3.05) is 13.2 Å². The number of phenolic OH excluding ortho intramolecular Hbond substituents is 1. The summed E-state index contributed by atoms with van der Waals surface area (Å²) < 4.78 is 5.77. The summed E-state index contributed by atoms with van der Waals surface area (Å²) in [5.41, 5.74) is 1.81. The Morgan fingerprint density at radius 2 is 2.12 bits per heavy atom. The molecule has 1 amide bonds. The fourth-order valence-corrected chi connectivity index (χ4v) is 3.40. The first kappa shape index (κ1) is 17.5. The lowest BCUT2D eigenvalue weighted by Gasteiger charge is -2.40. The summed E-state index contributed by atoms with van der Waals surface area (Å²) in [5, 5.41) is 16.5. The van der Waals surface area contributed by atoms with Crippen molar-refractivity contribution >= 4 is 5.91 Å². The molecule has 2 N–H and O–H groups in total. The fourth-order valence-electron chi connectivity index (χ4n) is 3.40. The van der Waals surface area contributed by atoms with Crippen molar-refractivity contribution in [3.63, 3.8) is 0 Å². The minimum absolute atomic E-state index is 0.0391. The molecule has 1 saturated heterocycles. The molecule has 3 rings (SSSR count). The molecule has 1 aromatic heterocycles. The lowest BCUT2D eigenvalue weighted by atomic mass is 9.92. The zero-order valence-corrected chi connectivity index (χ0v) is 15.0. The van der Waals surface area contributed by atoms with Gasteiger partial charge in [0.15, 0.2) is 0 Å². The van der Waals surface area contributed by atoms with Gasteiger partial charge < -0.3 is 14.7 Å². The standard InChI is InChI=1S/C19H25N3O3/c1-4-22(14-9-10-25-19(2,3)12-14)18(24)17-11-16(20-21-17)13-5-7-15(23)8-6-13/h5-8,11,14,23H,4,9-10,12H2,1-3H3,(H,20,21). The number of aromatic hydroxyl groups is 1. The Balaban J connectivity index is 1.78. The SMILES string of the molecule is CCN(C(=O)c1cc(-c2ccc(O)cc2)n[nH]1)C1CCOC(C)(C)C1. The summed E-state index contributed by atoms with van der Waals surface area (Å²) in [7, 11) is 0. The molecule has 6 heteroatoms. The summed E-state index contributed by atoms with van der Waals surface area (Å²) in [6, 6.07) is 8.70. The maximum absolute atomic E-state index is 13.0. The van der Waals surface area contributed by atoms with Crippen molar-refractivity contribution in [2.45, 2.75) is 45.3 Å². The van der Waals surface area contributed by atoms with Crippen LogP contribution >= 0.6 is 0 Å². The first-order chi connectivity index (χ1) is 11.9. The first-order valence-corrected chi connectivity index (χ1v) is 8.69. The van der Waals surface area contributed by atoms with Gasteiger partial charge in [-0.05, 0) is 63.9 Å². The predicted molar refractivity (Wildman–Crippen MR) is 95.5 cm³/mol. The molecule has 1 aliphatic rings. The van der Waals surface area contributed by atoms with Crippen LogP contribution in [0.25, 0.3) is 11.3 Å². The molecule has 1 fully saturated rings. The Bertz CT molecular complexity index is 737. The predicted octanol–water partition coefficient (Wildman–Crippen LogP) is 3.20. The normalized spacial score (nSPS) is 19.6. The maximum Gasteiger partial charge on any atom is 0.272 e. The number of carbonyl (C=O) groups excluding carboxylic acids is 1. The Hall–Kier alpha value is -2.34. The van der Waals surface area contributed by atoms with Crippen LogP contribution in [0.1, 0.15) is 44.1 Å². The van der Waals surface area contributed by atoms with E-state index in [2.05, 4.69) is 24.0 Å². The Morgan fingerprint density at radius 1 is 1.40 bits per heavy atom. The zero-order valence-electron chi connectivity index (χ0n) is 15.0. The molecule has 2 aromatic rings. The van der Waals surface area contributed by atoms with Crippen LogP contribution in [0, 0.1) is 0 Å². The number of benzene rings is 1. The molecule has 2 heterocycles. The number of H-pyrrole nitrogens is 1. The third-order valence-corrected chi connectivity index (χ3v) is 4.68. The number of nitrogens with zero attached hydrogens (tertiary/aromatic N) is 2. The lowest BCUT2D eigenvalue weighted by Crippen LogP contribution is -2.48. The molecule has 1 unspecified atom stereocenters. The van der Waals surface area contributed by atoms with Crippen LogP contribution in [0.5, 0.6) is 5.75 Å². The van der Waals surface area contributed by atoms with Gasteiger partial charge in [-0.25, -0.2) is 0 Å². The number of nitrogens with one attached hydrogen (secondary N) is 1. The third kappa shape index (κ3) is 3.85. The number of aromatic nitrogens is 2. The summed E-state index contributed by atoms with van der Waals surface area (Å²) >= 11 is 0. The fraction of sp³-hybridized carbons (Fsp3) is 0.474. The number of aromatic amines is 1. The molecule has 0 saturated carbocycles. The maximum atomic E-state index is 13.0. The quantitative estimate of drug-likeness (QED) is 0.893. The molecule has 0 bridgehead atoms. The summed E-state index contributed by atoms with van der Waals surface area (Å²) in [5.74, 6) is 0.164. The molecule has 25 heavy (non-hydrogen) atoms. The van der Waals surface area contributed by atoms with E-state index in [0.29, 0.717) is 24.5 Å². The van der Waals surface area contributed by atoms with Gasteiger partial charge in [-0.1, -0.05) is 0 Å². The molecular weight excluding hydrogens is 318 g/mol. The molecule has 0 radical (unpaired) electrons. The van der Waals surface area contributed by atoms with E-state index in [-0.39, 0.29) is 23.3 Å². The van der Waals surface area contributed by atoms with E-state index in [1.54, 1.807) is 30.3 Å². The Morgan fingerprint density at radius 3 is 2.76 bits per heavy atom. The molecule has 1 aliphatic heterocycles. The monoisotopic (exact) mass is 343 g/mol. The number of rotatable bonds is 4. The molecule has 0 spiro atoms. The molecule has 0 aliphatic carbocycles. The van der Waals surface area contributed by atoms with Gasteiger partial charge in [0.2, 0.25) is 0 Å². The van der Waals surface area contributed by atoms with Crippen LogP contribution in [-0.4, -0.2) is 50.9 Å². The van der Waals surface area contributed by atoms with E-state index < -0.39 is 0 Å². The summed E-state index contributed by atoms with van der Waals surface area (Å²) in [6.07, 6.45) is 1.67. The summed E-state index contributed by atoms with van der Waals surface area (Å²) in [6.45, 7) is 7.45. The third-order valence-electron chi connectivity index (χ3n) is 4.68. The second kappa shape index (κ2) is 6.88. The highest BCUT2D eigenvalue weighted by Crippen LogP contribution is 2.28. The van der Waals surface area contributed by atoms with Crippen molar-refractivity contribution < 1.29 is 14.6 Å². The van der Waals surface area contributed by atoms with E-state index in [1.165, 1.54) is 0 Å². The van der Waals surface area contributed by atoms with Crippen LogP contribution in [0.2, 0.25) is 0 Å². The van der Waals surface area contributed by atoms with E-state index in [1.807, 2.05) is 11.8 Å². The Kier molecular flexibility index (Phi) is 4.81. The van der Waals surface area contributed by atoms with Crippen LogP contribution in [0.3, 0.4) is 0 Å². The lowest BCUT2D eigenvalue weighted by molar-refractivity contribution is -0.0777. The van der Waals surface area contributed by atoms with Crippen LogP contribution in [-0.2, 0) is 4.74 Å². The molecule has 134 valence electrons. The second-order valence-electron chi connectivity index (χ2n) is 7.06. The van der Waals surface area contributed by atoms with Gasteiger partial charge in [-0.15, -0.1) is 0 Å². The highest BCUT2D eigenvalue weighted by Gasteiger charge is 2.34. The average molecular weight is 343 g/mol. The highest BCUT2D eigenvalue weighted by molar-refractivity contribution is 5.93. The van der Waals surface area contributed by atoms with E-state index in [0.717, 1.165) is 18.4 Å². The molecule has 1 aromatic carbocycles. The number of amides is 1. The van der Waals surface area contributed by atoms with Gasteiger partial charge in [0, 0.05) is 24.8 Å². The summed E-state index contributed by atoms with van der Waals surface area (Å²) in [4.78, 5) is 14.9. The van der Waals surface area contributed by atoms with Crippen molar-refractivity contribution in [3.8, 4) is 17.0 Å². The van der Waals surface area contributed by atoms with Gasteiger partial charge in [-0.2, -0.15) is 5.10 Å². The van der Waals surface area contributed by atoms with Gasteiger partial charge in [0.05, 0.1) is 11.3 Å². The minimum atomic E-state index is -0.207. The van der Waals surface area contributed by atoms with Crippen LogP contribution in [0.15, 0.2) is 30.3 Å². The van der Waals surface area contributed by atoms with E-state index in [9.17, 15) is 9.90 Å². The van der Waals surface area contributed by atoms with Crippen LogP contribution < -0.4 is 0 Å². The van der Waals surface area contributed by atoms with Gasteiger partial charge in [-0.3, -0.25) is 9.89 Å². The number of hydrogen-bond acceptors (Lipinski definition) is 4. The first-order valence-electron chi connectivity index (χ1n) is 8.69. The van der Waals surface area contributed by atoms with E-state index in [4.69, 9.17) is 4.74 Å². The zero-order chi connectivity index (χ0) is 18.0. The number of phenols is 1. The van der Waals surface area contributed by atoms with Crippen molar-refractivity contribution in [1.82, 2.24) is 15.1 Å². The Labute approximate surface area is 147 Å². The van der Waals surface area contributed by atoms with Gasteiger partial charge >= 0.3 is 0 Å². The number of ether oxygens (including phenoxy) is 1. The average Bonchev–Trinajstić information content (AvgIpc) is 3.05. The number of hydrogen-bond donors (Lipinski definition) is 2. The number of carbonyl (C=O) groups is 1. The largest absolute Gasteiger partial charge is 0.508 e. The van der Waals surface area contributed by atoms with Crippen molar-refractivity contribution in [3.05, 3.63) is 36.0 Å². The van der Waals surface area contributed by atoms with Crippen molar-refractivity contribution in [2.24, 2.45) is 0 Å². The molecule has 6 nitrogen and oxygen atoms in total. The van der Waals surface area contributed by atoms with Gasteiger partial charge in [0.1, 0.15) is 11.4 Å². The smallest absolute Gasteiger partial charge is 0.272 e. The molecular formula is C19H25N3O3. The topological polar surface area (TPSA) is 78.5 Å². The minimum Gasteiger partial charge on any atom is -0.508 e. The second-order valence-corrected chi connectivity index (χ2v) is 7.06. The van der Waals surface area contributed by atoms with E-state index >= 15 is 0 Å². The molecule has 1 atom stereocenters. The van der Waals surface area contributed by atoms with Crippen molar-refractivity contribution in [1.29, 1.82) is 0 Å². The highest BCUT2D eigenvalue weighted by atomic mass is 16.5. The van der Waals surface area contributed by atoms with Gasteiger partial charge in [0.25, 0.3) is 5.91 Å².